The van der Waals surface area contributed by atoms with Crippen molar-refractivity contribution in [3.8, 4) is 11.5 Å². The van der Waals surface area contributed by atoms with Crippen LogP contribution in [0.4, 0.5) is 0 Å². The lowest BCUT2D eigenvalue weighted by molar-refractivity contribution is 0.0663. The van der Waals surface area contributed by atoms with Crippen LogP contribution in [0.25, 0.3) is 0 Å². The summed E-state index contributed by atoms with van der Waals surface area (Å²) >= 11 is 0. The first-order valence-corrected chi connectivity index (χ1v) is 5.88. The summed E-state index contributed by atoms with van der Waals surface area (Å²) in [6, 6.07) is 6.10. The molecule has 1 aromatic rings. The lowest BCUT2D eigenvalue weighted by Gasteiger charge is -2.35. The molecule has 3 rings (SSSR count). The number of methoxy groups -OCH3 is 1. The third kappa shape index (κ3) is 1.55. The van der Waals surface area contributed by atoms with Crippen LogP contribution in [0.15, 0.2) is 18.2 Å². The molecular formula is C13H17NO2. The van der Waals surface area contributed by atoms with E-state index in [0.717, 1.165) is 43.9 Å². The third-order valence-electron chi connectivity index (χ3n) is 3.65. The first-order valence-electron chi connectivity index (χ1n) is 5.88. The summed E-state index contributed by atoms with van der Waals surface area (Å²) in [6.07, 6.45) is 3.33. The largest absolute Gasteiger partial charge is 0.497 e. The monoisotopic (exact) mass is 219 g/mol. The van der Waals surface area contributed by atoms with E-state index >= 15 is 0 Å². The van der Waals surface area contributed by atoms with Gasteiger partial charge in [0.25, 0.3) is 0 Å². The average Bonchev–Trinajstić information content (AvgIpc) is 2.77. The standard InChI is InChI=1S/C13H17NO2/c1-15-11-2-3-12-10(8-11)4-5-13(16-12)6-7-14-9-13/h2-3,8,14H,4-7,9H2,1H3/t13-/m1/s1. The number of hydrogen-bond donors (Lipinski definition) is 1. The number of nitrogens with one attached hydrogen (secondary N) is 1. The van der Waals surface area contributed by atoms with Crippen LogP contribution >= 0.6 is 0 Å². The van der Waals surface area contributed by atoms with E-state index in [4.69, 9.17) is 9.47 Å². The number of ether oxygens (including phenoxy) is 2. The van der Waals surface area contributed by atoms with E-state index < -0.39 is 0 Å². The molecular weight excluding hydrogens is 202 g/mol. The molecule has 3 nitrogen and oxygen atoms in total. The zero-order valence-electron chi connectivity index (χ0n) is 9.58. The number of hydrogen-bond acceptors (Lipinski definition) is 3. The molecule has 1 fully saturated rings. The van der Waals surface area contributed by atoms with Gasteiger partial charge in [0.1, 0.15) is 17.1 Å². The molecule has 2 aliphatic rings. The summed E-state index contributed by atoms with van der Waals surface area (Å²) in [5.41, 5.74) is 1.33. The van der Waals surface area contributed by atoms with Gasteiger partial charge in [0.15, 0.2) is 0 Å². The highest BCUT2D eigenvalue weighted by Crippen LogP contribution is 2.37. The van der Waals surface area contributed by atoms with Gasteiger partial charge in [-0.3, -0.25) is 0 Å². The minimum absolute atomic E-state index is 0.0571. The molecule has 0 unspecified atom stereocenters. The Balaban J connectivity index is 1.89. The minimum Gasteiger partial charge on any atom is -0.497 e. The molecule has 2 heterocycles. The minimum atomic E-state index is 0.0571. The maximum Gasteiger partial charge on any atom is 0.123 e. The summed E-state index contributed by atoms with van der Waals surface area (Å²) in [5, 5.41) is 3.39. The second-order valence-electron chi connectivity index (χ2n) is 4.69. The molecule has 1 atom stereocenters. The van der Waals surface area contributed by atoms with E-state index in [1.54, 1.807) is 7.11 Å². The van der Waals surface area contributed by atoms with E-state index in [1.807, 2.05) is 12.1 Å². The Hall–Kier alpha value is -1.22. The molecule has 0 amide bonds. The van der Waals surface area contributed by atoms with E-state index in [2.05, 4.69) is 11.4 Å². The predicted octanol–water partition coefficient (Wildman–Crippen LogP) is 1.75. The fraction of sp³-hybridized carbons (Fsp3) is 0.538. The second-order valence-corrected chi connectivity index (χ2v) is 4.69. The maximum atomic E-state index is 6.16. The van der Waals surface area contributed by atoms with Gasteiger partial charge < -0.3 is 14.8 Å². The quantitative estimate of drug-likeness (QED) is 0.780. The van der Waals surface area contributed by atoms with Gasteiger partial charge in [0.2, 0.25) is 0 Å². The molecule has 0 radical (unpaired) electrons. The molecule has 0 aromatic heterocycles. The summed E-state index contributed by atoms with van der Waals surface area (Å²) in [7, 11) is 1.70. The van der Waals surface area contributed by atoms with Crippen molar-refractivity contribution in [2.75, 3.05) is 20.2 Å². The lowest BCUT2D eigenvalue weighted by atomic mass is 9.90. The Kier molecular flexibility index (Phi) is 2.28. The van der Waals surface area contributed by atoms with Crippen LogP contribution < -0.4 is 14.8 Å². The number of fused-ring (bicyclic) bond motifs is 1. The Morgan fingerprint density at radius 3 is 3.06 bits per heavy atom. The van der Waals surface area contributed by atoms with Gasteiger partial charge in [-0.2, -0.15) is 0 Å². The molecule has 86 valence electrons. The molecule has 3 heteroatoms. The molecule has 1 aromatic carbocycles. The summed E-state index contributed by atoms with van der Waals surface area (Å²) < 4.78 is 11.4. The van der Waals surface area contributed by atoms with Gasteiger partial charge in [-0.25, -0.2) is 0 Å². The fourth-order valence-electron chi connectivity index (χ4n) is 2.65. The molecule has 1 N–H and O–H groups in total. The highest BCUT2D eigenvalue weighted by atomic mass is 16.5. The molecule has 0 aliphatic carbocycles. The van der Waals surface area contributed by atoms with E-state index in [9.17, 15) is 0 Å². The zero-order chi connectivity index (χ0) is 11.0. The van der Waals surface area contributed by atoms with E-state index in [0.29, 0.717) is 0 Å². The van der Waals surface area contributed by atoms with Gasteiger partial charge in [0, 0.05) is 13.0 Å². The van der Waals surface area contributed by atoms with Crippen LogP contribution in [-0.2, 0) is 6.42 Å². The maximum absolute atomic E-state index is 6.16. The Labute approximate surface area is 95.8 Å². The SMILES string of the molecule is COc1ccc2c(c1)CC[C@]1(CCNC1)O2. The number of rotatable bonds is 1. The van der Waals surface area contributed by atoms with Crippen molar-refractivity contribution < 1.29 is 9.47 Å². The normalized spacial score (nSPS) is 27.6. The summed E-state index contributed by atoms with van der Waals surface area (Å²) in [4.78, 5) is 0. The van der Waals surface area contributed by atoms with E-state index in [-0.39, 0.29) is 5.60 Å². The van der Waals surface area contributed by atoms with Crippen LogP contribution in [-0.4, -0.2) is 25.8 Å². The van der Waals surface area contributed by atoms with Gasteiger partial charge in [-0.15, -0.1) is 0 Å². The van der Waals surface area contributed by atoms with Gasteiger partial charge >= 0.3 is 0 Å². The topological polar surface area (TPSA) is 30.5 Å². The van der Waals surface area contributed by atoms with Crippen molar-refractivity contribution in [1.29, 1.82) is 0 Å². The highest BCUT2D eigenvalue weighted by Gasteiger charge is 2.38. The van der Waals surface area contributed by atoms with Gasteiger partial charge in [-0.05, 0) is 43.1 Å². The third-order valence-corrected chi connectivity index (χ3v) is 3.65. The first kappa shape index (κ1) is 9.97. The molecule has 0 saturated carbocycles. The van der Waals surface area contributed by atoms with Gasteiger partial charge in [-0.1, -0.05) is 0 Å². The fourth-order valence-corrected chi connectivity index (χ4v) is 2.65. The first-order chi connectivity index (χ1) is 7.81. The van der Waals surface area contributed by atoms with Crippen LogP contribution in [0.3, 0.4) is 0 Å². The number of aryl methyl sites for hydroxylation is 1. The van der Waals surface area contributed by atoms with Crippen molar-refractivity contribution in [3.63, 3.8) is 0 Å². The van der Waals surface area contributed by atoms with Gasteiger partial charge in [0.05, 0.1) is 7.11 Å². The van der Waals surface area contributed by atoms with Crippen molar-refractivity contribution in [1.82, 2.24) is 5.32 Å². The van der Waals surface area contributed by atoms with Crippen molar-refractivity contribution in [2.24, 2.45) is 0 Å². The van der Waals surface area contributed by atoms with E-state index in [1.165, 1.54) is 5.56 Å². The highest BCUT2D eigenvalue weighted by molar-refractivity contribution is 5.42. The summed E-state index contributed by atoms with van der Waals surface area (Å²) in [5.74, 6) is 1.96. The molecule has 0 bridgehead atoms. The second kappa shape index (κ2) is 3.67. The summed E-state index contributed by atoms with van der Waals surface area (Å²) in [6.45, 7) is 2.06. The van der Waals surface area contributed by atoms with Crippen molar-refractivity contribution in [3.05, 3.63) is 23.8 Å². The molecule has 1 saturated heterocycles. The predicted molar refractivity (Wildman–Crippen MR) is 62.2 cm³/mol. The lowest BCUT2D eigenvalue weighted by Crippen LogP contribution is -2.41. The molecule has 1 spiro atoms. The number of benzene rings is 1. The Morgan fingerprint density at radius 1 is 1.38 bits per heavy atom. The smallest absolute Gasteiger partial charge is 0.123 e. The zero-order valence-corrected chi connectivity index (χ0v) is 9.58. The van der Waals surface area contributed by atoms with Crippen LogP contribution in [0.5, 0.6) is 11.5 Å². The molecule has 2 aliphatic heterocycles. The van der Waals surface area contributed by atoms with Crippen molar-refractivity contribution in [2.45, 2.75) is 24.9 Å². The average molecular weight is 219 g/mol. The van der Waals surface area contributed by atoms with Crippen molar-refractivity contribution >= 4 is 0 Å². The Bertz CT molecular complexity index is 397. The van der Waals surface area contributed by atoms with Crippen LogP contribution in [0.1, 0.15) is 18.4 Å². The van der Waals surface area contributed by atoms with Crippen LogP contribution in [0, 0.1) is 0 Å². The molecule has 16 heavy (non-hydrogen) atoms. The van der Waals surface area contributed by atoms with Crippen LogP contribution in [0.2, 0.25) is 0 Å². The Morgan fingerprint density at radius 2 is 2.31 bits per heavy atom.